The summed E-state index contributed by atoms with van der Waals surface area (Å²) in [4.78, 5) is 38.1. The van der Waals surface area contributed by atoms with Crippen molar-refractivity contribution in [2.45, 2.75) is 12.8 Å². The molecule has 7 heteroatoms. The number of rotatable bonds is 2. The molecule has 2 bridgehead atoms. The molecule has 0 aromatic heterocycles. The molecule has 25 heavy (non-hydrogen) atoms. The van der Waals surface area contributed by atoms with Crippen LogP contribution >= 0.6 is 23.2 Å². The Kier molecular flexibility index (Phi) is 3.00. The van der Waals surface area contributed by atoms with Gasteiger partial charge in [-0.3, -0.25) is 19.8 Å². The van der Waals surface area contributed by atoms with Crippen molar-refractivity contribution in [2.24, 2.45) is 29.1 Å². The Morgan fingerprint density at radius 3 is 2.20 bits per heavy atom. The fraction of sp³-hybridized carbons (Fsp3) is 0.389. The van der Waals surface area contributed by atoms with E-state index in [0.717, 1.165) is 17.9 Å². The van der Waals surface area contributed by atoms with Crippen LogP contribution in [-0.2, 0) is 9.59 Å². The predicted molar refractivity (Wildman–Crippen MR) is 90.5 cm³/mol. The summed E-state index contributed by atoms with van der Waals surface area (Å²) in [5, 5.41) is 1.47. The van der Waals surface area contributed by atoms with E-state index in [1.165, 1.54) is 18.2 Å². The first kappa shape index (κ1) is 15.4. The summed E-state index contributed by atoms with van der Waals surface area (Å²) >= 11 is 11.9. The van der Waals surface area contributed by atoms with Crippen LogP contribution in [-0.4, -0.2) is 22.7 Å². The van der Waals surface area contributed by atoms with Gasteiger partial charge in [-0.25, -0.2) is 0 Å². The van der Waals surface area contributed by atoms with Crippen molar-refractivity contribution in [1.82, 2.24) is 10.4 Å². The lowest BCUT2D eigenvalue weighted by Gasteiger charge is -2.22. The fourth-order valence-electron chi connectivity index (χ4n) is 5.02. The van der Waals surface area contributed by atoms with E-state index in [-0.39, 0.29) is 51.5 Å². The van der Waals surface area contributed by atoms with E-state index < -0.39 is 5.91 Å². The van der Waals surface area contributed by atoms with Crippen LogP contribution < -0.4 is 5.43 Å². The fourth-order valence-corrected chi connectivity index (χ4v) is 5.52. The standard InChI is InChI=1S/C18H14Cl2N2O3/c19-8-1-2-9(12(20)7-8)15(23)21-22-16(24)13-10-3-4-11(14(13)17(22)25)18(10)5-6-18/h1-4,7,10-11,13-14H,5-6H2,(H,21,23)/t10-,11+,13-,14+. The molecule has 5 rings (SSSR count). The summed E-state index contributed by atoms with van der Waals surface area (Å²) in [5.74, 6) is -1.64. The second-order valence-electron chi connectivity index (χ2n) is 7.30. The number of hydrogen-bond donors (Lipinski definition) is 1. The van der Waals surface area contributed by atoms with Gasteiger partial charge in [-0.05, 0) is 48.3 Å². The maximum Gasteiger partial charge on any atom is 0.271 e. The lowest BCUT2D eigenvalue weighted by molar-refractivity contribution is -0.144. The monoisotopic (exact) mass is 376 g/mol. The quantitative estimate of drug-likeness (QED) is 0.637. The summed E-state index contributed by atoms with van der Waals surface area (Å²) in [6, 6.07) is 4.45. The largest absolute Gasteiger partial charge is 0.272 e. The molecule has 1 aromatic carbocycles. The molecule has 4 aliphatic rings. The van der Waals surface area contributed by atoms with Gasteiger partial charge in [-0.15, -0.1) is 0 Å². The number of carbonyl (C=O) groups excluding carboxylic acids is 3. The van der Waals surface area contributed by atoms with E-state index in [1.54, 1.807) is 0 Å². The lowest BCUT2D eigenvalue weighted by atomic mass is 9.85. The Morgan fingerprint density at radius 1 is 1.08 bits per heavy atom. The smallest absolute Gasteiger partial charge is 0.271 e. The molecule has 1 N–H and O–H groups in total. The maximum absolute atomic E-state index is 12.8. The Bertz CT molecular complexity index is 843. The van der Waals surface area contributed by atoms with Crippen molar-refractivity contribution < 1.29 is 14.4 Å². The highest BCUT2D eigenvalue weighted by molar-refractivity contribution is 6.36. The Balaban J connectivity index is 1.41. The molecule has 1 aromatic rings. The summed E-state index contributed by atoms with van der Waals surface area (Å²) in [6.07, 6.45) is 6.34. The zero-order valence-electron chi connectivity index (χ0n) is 13.0. The van der Waals surface area contributed by atoms with Gasteiger partial charge < -0.3 is 0 Å². The van der Waals surface area contributed by atoms with Crippen molar-refractivity contribution in [3.05, 3.63) is 46.0 Å². The molecule has 1 spiro atoms. The van der Waals surface area contributed by atoms with Crippen LogP contribution in [0.25, 0.3) is 0 Å². The molecular weight excluding hydrogens is 363 g/mol. The summed E-state index contributed by atoms with van der Waals surface area (Å²) in [6.45, 7) is 0. The van der Waals surface area contributed by atoms with E-state index in [9.17, 15) is 14.4 Å². The minimum atomic E-state index is -0.593. The Morgan fingerprint density at radius 2 is 1.68 bits per heavy atom. The zero-order valence-corrected chi connectivity index (χ0v) is 14.6. The van der Waals surface area contributed by atoms with E-state index in [2.05, 4.69) is 17.6 Å². The number of allylic oxidation sites excluding steroid dienone is 2. The molecule has 1 saturated heterocycles. The highest BCUT2D eigenvalue weighted by Crippen LogP contribution is 2.73. The number of nitrogens with one attached hydrogen (secondary N) is 1. The first-order valence-electron chi connectivity index (χ1n) is 8.26. The highest BCUT2D eigenvalue weighted by atomic mass is 35.5. The van der Waals surface area contributed by atoms with Crippen molar-refractivity contribution in [3.8, 4) is 0 Å². The number of fused-ring (bicyclic) bond motifs is 3. The number of carbonyl (C=O) groups is 3. The SMILES string of the molecule is O=C(NN1C(=O)[C@@H]2[C@H](C1=O)[C@H]1C=C[C@@H]2C12CC2)c1ccc(Cl)cc1Cl. The van der Waals surface area contributed by atoms with Gasteiger partial charge >= 0.3 is 0 Å². The third-order valence-electron chi connectivity index (χ3n) is 6.24. The number of hydrogen-bond acceptors (Lipinski definition) is 3. The predicted octanol–water partition coefficient (Wildman–Crippen LogP) is 2.84. The number of imide groups is 1. The van der Waals surface area contributed by atoms with Gasteiger partial charge in [0.05, 0.1) is 22.4 Å². The number of nitrogens with zero attached hydrogens (tertiary/aromatic N) is 1. The molecule has 2 saturated carbocycles. The van der Waals surface area contributed by atoms with Crippen LogP contribution in [0, 0.1) is 29.1 Å². The minimum absolute atomic E-state index is 0.125. The third-order valence-corrected chi connectivity index (χ3v) is 6.79. The van der Waals surface area contributed by atoms with Crippen molar-refractivity contribution in [1.29, 1.82) is 0 Å². The van der Waals surface area contributed by atoms with E-state index in [4.69, 9.17) is 23.2 Å². The van der Waals surface area contributed by atoms with Gasteiger partial charge in [0.2, 0.25) is 0 Å². The van der Waals surface area contributed by atoms with Crippen LogP contribution in [0.3, 0.4) is 0 Å². The average molecular weight is 377 g/mol. The molecule has 1 heterocycles. The molecule has 3 aliphatic carbocycles. The maximum atomic E-state index is 12.8. The molecule has 0 radical (unpaired) electrons. The number of amides is 3. The average Bonchev–Trinajstić information content (AvgIpc) is 3.17. The molecule has 0 unspecified atom stereocenters. The first-order valence-corrected chi connectivity index (χ1v) is 9.02. The van der Waals surface area contributed by atoms with Crippen LogP contribution in [0.15, 0.2) is 30.4 Å². The van der Waals surface area contributed by atoms with Crippen molar-refractivity contribution >= 4 is 40.9 Å². The van der Waals surface area contributed by atoms with Crippen LogP contribution in [0.4, 0.5) is 0 Å². The number of benzene rings is 1. The number of halogens is 2. The van der Waals surface area contributed by atoms with E-state index in [1.807, 2.05) is 0 Å². The van der Waals surface area contributed by atoms with Crippen LogP contribution in [0.5, 0.6) is 0 Å². The van der Waals surface area contributed by atoms with Gasteiger partial charge in [-0.2, -0.15) is 5.01 Å². The second-order valence-corrected chi connectivity index (χ2v) is 8.14. The van der Waals surface area contributed by atoms with Gasteiger partial charge in [0, 0.05) is 5.02 Å². The van der Waals surface area contributed by atoms with Gasteiger partial charge in [-0.1, -0.05) is 35.4 Å². The van der Waals surface area contributed by atoms with Crippen LogP contribution in [0.1, 0.15) is 23.2 Å². The van der Waals surface area contributed by atoms with Crippen molar-refractivity contribution in [2.75, 3.05) is 0 Å². The van der Waals surface area contributed by atoms with Gasteiger partial charge in [0.1, 0.15) is 0 Å². The van der Waals surface area contributed by atoms with Gasteiger partial charge in [0.25, 0.3) is 17.7 Å². The lowest BCUT2D eigenvalue weighted by Crippen LogP contribution is -2.48. The summed E-state index contributed by atoms with van der Waals surface area (Å²) in [7, 11) is 0. The van der Waals surface area contributed by atoms with Crippen molar-refractivity contribution in [3.63, 3.8) is 0 Å². The molecule has 3 fully saturated rings. The normalized spacial score (nSPS) is 33.3. The second kappa shape index (κ2) is 4.86. The van der Waals surface area contributed by atoms with Gasteiger partial charge in [0.15, 0.2) is 0 Å². The Hall–Kier alpha value is -1.85. The molecule has 4 atom stereocenters. The molecule has 3 amide bonds. The molecule has 5 nitrogen and oxygen atoms in total. The number of hydrazine groups is 1. The van der Waals surface area contributed by atoms with E-state index >= 15 is 0 Å². The van der Waals surface area contributed by atoms with Crippen LogP contribution in [0.2, 0.25) is 10.0 Å². The molecule has 128 valence electrons. The molecular formula is C18H14Cl2N2O3. The molecule has 1 aliphatic heterocycles. The topological polar surface area (TPSA) is 66.5 Å². The zero-order chi connectivity index (χ0) is 17.5. The third kappa shape index (κ3) is 1.88. The highest BCUT2D eigenvalue weighted by Gasteiger charge is 2.73. The summed E-state index contributed by atoms with van der Waals surface area (Å²) in [5.41, 5.74) is 2.75. The first-order chi connectivity index (χ1) is 11.9. The van der Waals surface area contributed by atoms with E-state index in [0.29, 0.717) is 5.02 Å². The summed E-state index contributed by atoms with van der Waals surface area (Å²) < 4.78 is 0. The minimum Gasteiger partial charge on any atom is -0.272 e. The Labute approximate surface area is 153 Å².